The molecule has 0 aromatic heterocycles. The van der Waals surface area contributed by atoms with Crippen LogP contribution in [0.4, 0.5) is 0 Å². The highest BCUT2D eigenvalue weighted by molar-refractivity contribution is 8.22. The van der Waals surface area contributed by atoms with E-state index in [2.05, 4.69) is 17.2 Å². The van der Waals surface area contributed by atoms with Gasteiger partial charge in [-0.15, -0.1) is 29.4 Å². The van der Waals surface area contributed by atoms with E-state index in [0.717, 1.165) is 5.08 Å². The van der Waals surface area contributed by atoms with E-state index in [1.54, 1.807) is 0 Å². The van der Waals surface area contributed by atoms with Gasteiger partial charge < -0.3 is 0 Å². The zero-order valence-corrected chi connectivity index (χ0v) is 6.23. The van der Waals surface area contributed by atoms with E-state index in [4.69, 9.17) is 0 Å². The van der Waals surface area contributed by atoms with Crippen LogP contribution in [0.1, 0.15) is 6.92 Å². The molecule has 1 aliphatic heterocycles. The summed E-state index contributed by atoms with van der Waals surface area (Å²) >= 11 is 3.64. The van der Waals surface area contributed by atoms with E-state index in [-0.39, 0.29) is 0 Å². The third kappa shape index (κ3) is 1.50. The zero-order chi connectivity index (χ0) is 5.82. The molecule has 42 valence electrons. The molecule has 0 bridgehead atoms. The lowest BCUT2D eigenvalue weighted by atomic mass is 10.6. The molecule has 0 radical (unpaired) electrons. The Bertz CT molecular complexity index is 159. The molecule has 8 heavy (non-hydrogen) atoms. The molecule has 0 spiro atoms. The number of thioether (sulfide) groups is 2. The normalized spacial score (nSPS) is 16.9. The lowest BCUT2D eigenvalue weighted by molar-refractivity contribution is 1.90. The minimum Gasteiger partial charge on any atom is -0.121 e. The minimum absolute atomic E-state index is 1.14. The lowest BCUT2D eigenvalue weighted by Crippen LogP contribution is -1.59. The van der Waals surface area contributed by atoms with Crippen molar-refractivity contribution in [3.63, 3.8) is 0 Å². The first-order valence-corrected chi connectivity index (χ1v) is 4.34. The molecule has 0 saturated heterocycles. The van der Waals surface area contributed by atoms with E-state index in [9.17, 15) is 0 Å². The Hall–Kier alpha value is -0.000000000000000111. The van der Waals surface area contributed by atoms with Gasteiger partial charge in [-0.05, 0) is 12.3 Å². The molecule has 1 heterocycles. The van der Waals surface area contributed by atoms with Crippen LogP contribution in [0.5, 0.6) is 0 Å². The van der Waals surface area contributed by atoms with Crippen molar-refractivity contribution in [1.82, 2.24) is 0 Å². The maximum atomic E-state index is 3.00. The summed E-state index contributed by atoms with van der Waals surface area (Å²) in [4.78, 5) is 1.22. The summed E-state index contributed by atoms with van der Waals surface area (Å²) in [7, 11) is 0. The van der Waals surface area contributed by atoms with Gasteiger partial charge in [-0.25, -0.2) is 0 Å². The molecule has 1 aliphatic rings. The second-order valence-corrected chi connectivity index (χ2v) is 3.53. The average molecular weight is 142 g/mol. The SMILES string of the molecule is CC#CC1=CSCS1. The number of allylic oxidation sites excluding steroid dienone is 1. The largest absolute Gasteiger partial charge is 0.121 e. The van der Waals surface area contributed by atoms with Crippen molar-refractivity contribution in [2.24, 2.45) is 0 Å². The van der Waals surface area contributed by atoms with E-state index in [1.165, 1.54) is 4.91 Å². The Balaban J connectivity index is 2.53. The summed E-state index contributed by atoms with van der Waals surface area (Å²) in [6.45, 7) is 1.87. The van der Waals surface area contributed by atoms with Crippen LogP contribution in [0.3, 0.4) is 0 Å². The Morgan fingerprint density at radius 1 is 1.75 bits per heavy atom. The Kier molecular flexibility index (Phi) is 2.38. The van der Waals surface area contributed by atoms with Gasteiger partial charge in [0.05, 0.1) is 4.91 Å². The molecular weight excluding hydrogens is 136 g/mol. The van der Waals surface area contributed by atoms with E-state index >= 15 is 0 Å². The van der Waals surface area contributed by atoms with Gasteiger partial charge in [-0.2, -0.15) is 0 Å². The van der Waals surface area contributed by atoms with Crippen LogP contribution in [0.25, 0.3) is 0 Å². The third-order valence-electron chi connectivity index (χ3n) is 0.721. The van der Waals surface area contributed by atoms with Crippen LogP contribution in [0.2, 0.25) is 0 Å². The van der Waals surface area contributed by atoms with Gasteiger partial charge in [0.15, 0.2) is 0 Å². The first-order valence-electron chi connectivity index (χ1n) is 2.31. The molecule has 2 heteroatoms. The maximum Gasteiger partial charge on any atom is 0.0644 e. The van der Waals surface area contributed by atoms with Gasteiger partial charge >= 0.3 is 0 Å². The van der Waals surface area contributed by atoms with Gasteiger partial charge in [0.1, 0.15) is 0 Å². The summed E-state index contributed by atoms with van der Waals surface area (Å²) in [5, 5.41) is 3.26. The average Bonchev–Trinajstić information content (AvgIpc) is 2.19. The Morgan fingerprint density at radius 2 is 2.62 bits per heavy atom. The van der Waals surface area contributed by atoms with Crippen molar-refractivity contribution in [3.05, 3.63) is 10.3 Å². The number of hydrogen-bond acceptors (Lipinski definition) is 2. The van der Waals surface area contributed by atoms with Crippen molar-refractivity contribution in [2.75, 3.05) is 5.08 Å². The smallest absolute Gasteiger partial charge is 0.0644 e. The van der Waals surface area contributed by atoms with Crippen LogP contribution in [-0.2, 0) is 0 Å². The van der Waals surface area contributed by atoms with Crippen LogP contribution in [-0.4, -0.2) is 5.08 Å². The van der Waals surface area contributed by atoms with Crippen molar-refractivity contribution >= 4 is 23.5 Å². The summed E-state index contributed by atoms with van der Waals surface area (Å²) < 4.78 is 0. The standard InChI is InChI=1S/C6H6S2/c1-2-3-6-4-7-5-8-6/h4H,5H2,1H3. The molecule has 0 atom stereocenters. The second kappa shape index (κ2) is 3.11. The van der Waals surface area contributed by atoms with Crippen LogP contribution < -0.4 is 0 Å². The quantitative estimate of drug-likeness (QED) is 0.476. The summed E-state index contributed by atoms with van der Waals surface area (Å²) in [6.07, 6.45) is 0. The summed E-state index contributed by atoms with van der Waals surface area (Å²) in [5.74, 6) is 5.85. The third-order valence-corrected chi connectivity index (χ3v) is 2.82. The monoisotopic (exact) mass is 142 g/mol. The highest BCUT2D eigenvalue weighted by Crippen LogP contribution is 2.30. The van der Waals surface area contributed by atoms with Crippen molar-refractivity contribution < 1.29 is 0 Å². The minimum atomic E-state index is 1.14. The highest BCUT2D eigenvalue weighted by atomic mass is 32.2. The molecule has 0 fully saturated rings. The summed E-state index contributed by atoms with van der Waals surface area (Å²) in [5.41, 5.74) is 0. The van der Waals surface area contributed by atoms with E-state index in [0.29, 0.717) is 0 Å². The van der Waals surface area contributed by atoms with Crippen molar-refractivity contribution in [2.45, 2.75) is 6.92 Å². The molecule has 0 saturated carbocycles. The van der Waals surface area contributed by atoms with Gasteiger partial charge in [-0.1, -0.05) is 5.92 Å². The van der Waals surface area contributed by atoms with E-state index in [1.807, 2.05) is 30.4 Å². The topological polar surface area (TPSA) is 0 Å². The predicted molar refractivity (Wildman–Crippen MR) is 41.6 cm³/mol. The summed E-state index contributed by atoms with van der Waals surface area (Å²) in [6, 6.07) is 0. The molecule has 0 amide bonds. The Labute approximate surface area is 58.1 Å². The first kappa shape index (κ1) is 6.12. The van der Waals surface area contributed by atoms with Gasteiger partial charge in [-0.3, -0.25) is 0 Å². The first-order chi connectivity index (χ1) is 3.93. The Morgan fingerprint density at radius 3 is 3.12 bits per heavy atom. The number of rotatable bonds is 0. The molecule has 0 unspecified atom stereocenters. The van der Waals surface area contributed by atoms with Crippen LogP contribution in [0, 0.1) is 11.8 Å². The second-order valence-electron chi connectivity index (χ2n) is 1.29. The van der Waals surface area contributed by atoms with E-state index < -0.39 is 0 Å². The maximum absolute atomic E-state index is 3.00. The lowest BCUT2D eigenvalue weighted by Gasteiger charge is -1.80. The fourth-order valence-corrected chi connectivity index (χ4v) is 2.34. The predicted octanol–water partition coefficient (Wildman–Crippen LogP) is 2.29. The zero-order valence-electron chi connectivity index (χ0n) is 4.60. The molecule has 0 aromatic rings. The molecule has 1 rings (SSSR count). The van der Waals surface area contributed by atoms with Crippen LogP contribution in [0.15, 0.2) is 10.3 Å². The fourth-order valence-electron chi connectivity index (χ4n) is 0.430. The fraction of sp³-hybridized carbons (Fsp3) is 0.333. The molecule has 0 nitrogen and oxygen atoms in total. The molecule has 0 N–H and O–H groups in total. The highest BCUT2D eigenvalue weighted by Gasteiger charge is 1.99. The van der Waals surface area contributed by atoms with Gasteiger partial charge in [0, 0.05) is 5.08 Å². The molecular formula is C6H6S2. The number of hydrogen-bond donors (Lipinski definition) is 0. The molecule has 0 aliphatic carbocycles. The van der Waals surface area contributed by atoms with Crippen molar-refractivity contribution in [3.8, 4) is 11.8 Å². The van der Waals surface area contributed by atoms with Gasteiger partial charge in [0.2, 0.25) is 0 Å². The van der Waals surface area contributed by atoms with Gasteiger partial charge in [0.25, 0.3) is 0 Å². The molecule has 0 aromatic carbocycles. The van der Waals surface area contributed by atoms with Crippen molar-refractivity contribution in [1.29, 1.82) is 0 Å². The van der Waals surface area contributed by atoms with Crippen LogP contribution >= 0.6 is 23.5 Å².